The highest BCUT2D eigenvalue weighted by molar-refractivity contribution is 9.10. The minimum Gasteiger partial charge on any atom is -0.488 e. The number of carbonyl (C=O) groups excluding carboxylic acids is 1. The van der Waals surface area contributed by atoms with E-state index in [4.69, 9.17) is 9.47 Å². The first-order valence-electron chi connectivity index (χ1n) is 9.27. The van der Waals surface area contributed by atoms with Crippen LogP contribution in [0.4, 0.5) is 0 Å². The lowest BCUT2D eigenvalue weighted by atomic mass is 10.2. The van der Waals surface area contributed by atoms with E-state index in [1.807, 2.05) is 42.5 Å². The van der Waals surface area contributed by atoms with Crippen molar-refractivity contribution >= 4 is 21.8 Å². The molecule has 2 aromatic carbocycles. The normalized spacial score (nSPS) is 14.7. The van der Waals surface area contributed by atoms with Gasteiger partial charge in [0.15, 0.2) is 0 Å². The van der Waals surface area contributed by atoms with E-state index in [0.29, 0.717) is 24.5 Å². The highest BCUT2D eigenvalue weighted by atomic mass is 79.9. The van der Waals surface area contributed by atoms with Gasteiger partial charge in [0, 0.05) is 24.1 Å². The van der Waals surface area contributed by atoms with E-state index in [0.717, 1.165) is 49.3 Å². The van der Waals surface area contributed by atoms with Gasteiger partial charge in [-0.15, -0.1) is 0 Å². The van der Waals surface area contributed by atoms with Crippen LogP contribution in [0, 0.1) is 0 Å². The second-order valence-corrected chi connectivity index (χ2v) is 7.39. The van der Waals surface area contributed by atoms with Gasteiger partial charge >= 0.3 is 0 Å². The van der Waals surface area contributed by atoms with Crippen LogP contribution in [0.5, 0.6) is 5.75 Å². The average Bonchev–Trinajstić information content (AvgIpc) is 2.70. The second-order valence-electron chi connectivity index (χ2n) is 6.48. The molecule has 1 aliphatic heterocycles. The fourth-order valence-corrected chi connectivity index (χ4v) is 3.44. The molecule has 144 valence electrons. The fraction of sp³-hybridized carbons (Fsp3) is 0.381. The molecule has 1 saturated heterocycles. The topological polar surface area (TPSA) is 50.8 Å². The van der Waals surface area contributed by atoms with Gasteiger partial charge in [-0.05, 0) is 42.8 Å². The van der Waals surface area contributed by atoms with Crippen LogP contribution < -0.4 is 10.1 Å². The molecule has 0 bridgehead atoms. The third kappa shape index (κ3) is 6.34. The first-order valence-corrected chi connectivity index (χ1v) is 10.1. The van der Waals surface area contributed by atoms with Crippen LogP contribution in [0.3, 0.4) is 0 Å². The van der Waals surface area contributed by atoms with Crippen LogP contribution in [0.25, 0.3) is 0 Å². The molecule has 1 heterocycles. The number of nitrogens with one attached hydrogen (secondary N) is 1. The Balaban J connectivity index is 1.49. The summed E-state index contributed by atoms with van der Waals surface area (Å²) in [5.41, 5.74) is 1.61. The molecule has 0 aromatic heterocycles. The Labute approximate surface area is 168 Å². The maximum atomic E-state index is 12.5. The first kappa shape index (κ1) is 19.9. The van der Waals surface area contributed by atoms with Crippen molar-refractivity contribution in [2.45, 2.75) is 13.0 Å². The van der Waals surface area contributed by atoms with Gasteiger partial charge in [-0.3, -0.25) is 9.69 Å². The number of amides is 1. The molecule has 0 atom stereocenters. The summed E-state index contributed by atoms with van der Waals surface area (Å²) in [5.74, 6) is 0.505. The highest BCUT2D eigenvalue weighted by Gasteiger charge is 2.13. The summed E-state index contributed by atoms with van der Waals surface area (Å²) < 4.78 is 12.3. The molecule has 2 aromatic rings. The lowest BCUT2D eigenvalue weighted by Crippen LogP contribution is -2.38. The van der Waals surface area contributed by atoms with E-state index >= 15 is 0 Å². The highest BCUT2D eigenvalue weighted by Crippen LogP contribution is 2.20. The number of ether oxygens (including phenoxy) is 2. The smallest absolute Gasteiger partial charge is 0.255 e. The third-order valence-corrected chi connectivity index (χ3v) is 4.95. The van der Waals surface area contributed by atoms with E-state index in [1.54, 1.807) is 6.07 Å². The van der Waals surface area contributed by atoms with Gasteiger partial charge < -0.3 is 14.8 Å². The predicted molar refractivity (Wildman–Crippen MR) is 109 cm³/mol. The van der Waals surface area contributed by atoms with Gasteiger partial charge in [0.1, 0.15) is 12.4 Å². The third-order valence-electron chi connectivity index (χ3n) is 4.46. The van der Waals surface area contributed by atoms with E-state index in [9.17, 15) is 4.79 Å². The van der Waals surface area contributed by atoms with Crippen molar-refractivity contribution in [1.29, 1.82) is 0 Å². The first-order chi connectivity index (χ1) is 13.2. The van der Waals surface area contributed by atoms with Crippen molar-refractivity contribution in [3.63, 3.8) is 0 Å². The summed E-state index contributed by atoms with van der Waals surface area (Å²) in [5, 5.41) is 3.00. The molecule has 5 nitrogen and oxygen atoms in total. The quantitative estimate of drug-likeness (QED) is 0.648. The second kappa shape index (κ2) is 10.4. The van der Waals surface area contributed by atoms with E-state index in [-0.39, 0.29) is 5.91 Å². The fourth-order valence-electron chi connectivity index (χ4n) is 2.99. The zero-order chi connectivity index (χ0) is 18.9. The molecule has 27 heavy (non-hydrogen) atoms. The maximum Gasteiger partial charge on any atom is 0.255 e. The molecular weight excluding hydrogens is 408 g/mol. The summed E-state index contributed by atoms with van der Waals surface area (Å²) in [6, 6.07) is 15.3. The van der Waals surface area contributed by atoms with Crippen LogP contribution in [0.1, 0.15) is 22.3 Å². The van der Waals surface area contributed by atoms with Crippen molar-refractivity contribution in [2.24, 2.45) is 0 Å². The Morgan fingerprint density at radius 2 is 1.96 bits per heavy atom. The standard InChI is InChI=1S/C21H25BrN2O3/c22-18-6-3-5-17(15-18)16-27-20-8-2-1-7-19(20)21(25)23-9-4-10-24-11-13-26-14-12-24/h1-3,5-8,15H,4,9-14,16H2,(H,23,25). The number of hydrogen-bond acceptors (Lipinski definition) is 4. The van der Waals surface area contributed by atoms with Gasteiger partial charge in [-0.1, -0.05) is 40.2 Å². The monoisotopic (exact) mass is 432 g/mol. The molecular formula is C21H25BrN2O3. The predicted octanol–water partition coefficient (Wildman–Crippen LogP) is 3.48. The molecule has 3 rings (SSSR count). The van der Waals surface area contributed by atoms with Crippen LogP contribution >= 0.6 is 15.9 Å². The molecule has 1 amide bonds. The Morgan fingerprint density at radius 3 is 2.78 bits per heavy atom. The molecule has 1 N–H and O–H groups in total. The molecule has 1 aliphatic rings. The van der Waals surface area contributed by atoms with Crippen molar-refractivity contribution in [3.05, 3.63) is 64.1 Å². The Kier molecular flexibility index (Phi) is 7.68. The summed E-state index contributed by atoms with van der Waals surface area (Å²) in [6.07, 6.45) is 0.923. The number of benzene rings is 2. The number of carbonyl (C=O) groups is 1. The molecule has 0 radical (unpaired) electrons. The Morgan fingerprint density at radius 1 is 1.15 bits per heavy atom. The zero-order valence-electron chi connectivity index (χ0n) is 15.3. The van der Waals surface area contributed by atoms with Gasteiger partial charge in [-0.2, -0.15) is 0 Å². The van der Waals surface area contributed by atoms with Crippen molar-refractivity contribution in [3.8, 4) is 5.75 Å². The maximum absolute atomic E-state index is 12.5. The molecule has 0 aliphatic carbocycles. The summed E-state index contributed by atoms with van der Waals surface area (Å²) >= 11 is 3.46. The van der Waals surface area contributed by atoms with Crippen LogP contribution in [-0.2, 0) is 11.3 Å². The molecule has 6 heteroatoms. The average molecular weight is 433 g/mol. The number of morpholine rings is 1. The van der Waals surface area contributed by atoms with Crippen molar-refractivity contribution in [1.82, 2.24) is 10.2 Å². The molecule has 1 fully saturated rings. The summed E-state index contributed by atoms with van der Waals surface area (Å²) in [6.45, 7) is 5.59. The SMILES string of the molecule is O=C(NCCCN1CCOCC1)c1ccccc1OCc1cccc(Br)c1. The number of hydrogen-bond donors (Lipinski definition) is 1. The van der Waals surface area contributed by atoms with Crippen molar-refractivity contribution in [2.75, 3.05) is 39.4 Å². The molecule has 0 unspecified atom stereocenters. The molecule has 0 spiro atoms. The number of halogens is 1. The number of nitrogens with zero attached hydrogens (tertiary/aromatic N) is 1. The Hall–Kier alpha value is -1.89. The van der Waals surface area contributed by atoms with Gasteiger partial charge in [0.25, 0.3) is 5.91 Å². The van der Waals surface area contributed by atoms with Gasteiger partial charge in [-0.25, -0.2) is 0 Å². The minimum absolute atomic E-state index is 0.0955. The van der Waals surface area contributed by atoms with Crippen LogP contribution in [-0.4, -0.2) is 50.2 Å². The van der Waals surface area contributed by atoms with E-state index in [1.165, 1.54) is 0 Å². The number of para-hydroxylation sites is 1. The van der Waals surface area contributed by atoms with Crippen molar-refractivity contribution < 1.29 is 14.3 Å². The van der Waals surface area contributed by atoms with E-state index in [2.05, 4.69) is 26.1 Å². The summed E-state index contributed by atoms with van der Waals surface area (Å²) in [7, 11) is 0. The lowest BCUT2D eigenvalue weighted by Gasteiger charge is -2.26. The minimum atomic E-state index is -0.0955. The van der Waals surface area contributed by atoms with Crippen LogP contribution in [0.2, 0.25) is 0 Å². The summed E-state index contributed by atoms with van der Waals surface area (Å²) in [4.78, 5) is 14.9. The molecule has 0 saturated carbocycles. The Bertz CT molecular complexity index is 748. The van der Waals surface area contributed by atoms with Crippen LogP contribution in [0.15, 0.2) is 53.0 Å². The van der Waals surface area contributed by atoms with Gasteiger partial charge in [0.05, 0.1) is 18.8 Å². The lowest BCUT2D eigenvalue weighted by molar-refractivity contribution is 0.0374. The number of rotatable bonds is 8. The van der Waals surface area contributed by atoms with Gasteiger partial charge in [0.2, 0.25) is 0 Å². The largest absolute Gasteiger partial charge is 0.488 e. The zero-order valence-corrected chi connectivity index (χ0v) is 16.9. The van der Waals surface area contributed by atoms with E-state index < -0.39 is 0 Å².